The van der Waals surface area contributed by atoms with Gasteiger partial charge in [0.25, 0.3) is 5.56 Å². The molecule has 0 N–H and O–H groups in total. The summed E-state index contributed by atoms with van der Waals surface area (Å²) in [5, 5.41) is 0. The molecule has 2 aromatic rings. The molecule has 0 spiro atoms. The highest BCUT2D eigenvalue weighted by Crippen LogP contribution is 2.29. The monoisotopic (exact) mass is 353 g/mol. The van der Waals surface area contributed by atoms with Gasteiger partial charge in [0, 0.05) is 37.6 Å². The number of aryl methyl sites for hydroxylation is 1. The topological polar surface area (TPSA) is 63.9 Å². The normalized spacial score (nSPS) is 16.2. The Morgan fingerprint density at radius 3 is 2.68 bits per heavy atom. The zero-order valence-corrected chi connectivity index (χ0v) is 13.7. The van der Waals surface area contributed by atoms with E-state index in [1.54, 1.807) is 16.4 Å². The Labute approximate surface area is 142 Å². The van der Waals surface area contributed by atoms with E-state index in [0.717, 1.165) is 25.1 Å². The van der Waals surface area contributed by atoms with Crippen LogP contribution in [-0.2, 0) is 12.7 Å². The summed E-state index contributed by atoms with van der Waals surface area (Å²) in [6, 6.07) is 0.868. The average Bonchev–Trinajstić information content (AvgIpc) is 2.59. The van der Waals surface area contributed by atoms with Gasteiger partial charge in [-0.3, -0.25) is 9.36 Å². The van der Waals surface area contributed by atoms with Crippen molar-refractivity contribution in [1.29, 1.82) is 0 Å². The van der Waals surface area contributed by atoms with Crippen LogP contribution in [0.15, 0.2) is 29.6 Å². The van der Waals surface area contributed by atoms with Gasteiger partial charge in [0.15, 0.2) is 0 Å². The van der Waals surface area contributed by atoms with Gasteiger partial charge < -0.3 is 4.90 Å². The highest BCUT2D eigenvalue weighted by molar-refractivity contribution is 5.31. The van der Waals surface area contributed by atoms with Crippen molar-refractivity contribution in [2.45, 2.75) is 32.5 Å². The standard InChI is InChI=1S/C16H18F3N5O/c1-11-8-20-10-24(14(11)25)9-12-3-6-23(7-4-12)15-21-5-2-13(22-15)16(17,18)19/h2,5,8,10,12H,3-4,6-7,9H2,1H3. The van der Waals surface area contributed by atoms with E-state index in [1.807, 2.05) is 0 Å². The molecule has 1 saturated heterocycles. The third kappa shape index (κ3) is 3.97. The van der Waals surface area contributed by atoms with Gasteiger partial charge in [-0.15, -0.1) is 0 Å². The number of anilines is 1. The minimum Gasteiger partial charge on any atom is -0.341 e. The number of aromatic nitrogens is 4. The van der Waals surface area contributed by atoms with Crippen molar-refractivity contribution in [3.63, 3.8) is 0 Å². The highest BCUT2D eigenvalue weighted by atomic mass is 19.4. The summed E-state index contributed by atoms with van der Waals surface area (Å²) < 4.78 is 39.9. The Kier molecular flexibility index (Phi) is 4.73. The molecule has 6 nitrogen and oxygen atoms in total. The van der Waals surface area contributed by atoms with Gasteiger partial charge in [-0.2, -0.15) is 13.2 Å². The fourth-order valence-electron chi connectivity index (χ4n) is 2.94. The molecule has 1 aliphatic rings. The number of halogens is 3. The summed E-state index contributed by atoms with van der Waals surface area (Å²) in [7, 11) is 0. The van der Waals surface area contributed by atoms with Crippen molar-refractivity contribution in [3.05, 3.63) is 46.4 Å². The smallest absolute Gasteiger partial charge is 0.341 e. The van der Waals surface area contributed by atoms with E-state index < -0.39 is 11.9 Å². The first kappa shape index (κ1) is 17.4. The van der Waals surface area contributed by atoms with Gasteiger partial charge in [-0.05, 0) is 31.7 Å². The summed E-state index contributed by atoms with van der Waals surface area (Å²) in [5.41, 5.74) is -0.395. The molecule has 1 aliphatic heterocycles. The number of hydrogen-bond donors (Lipinski definition) is 0. The molecule has 0 saturated carbocycles. The molecule has 3 heterocycles. The van der Waals surface area contributed by atoms with Crippen LogP contribution in [0.2, 0.25) is 0 Å². The SMILES string of the molecule is Cc1cncn(CC2CCN(c3nccc(C(F)(F)F)n3)CC2)c1=O. The molecule has 1 fully saturated rings. The van der Waals surface area contributed by atoms with Crippen molar-refractivity contribution < 1.29 is 13.2 Å². The maximum atomic E-state index is 12.8. The summed E-state index contributed by atoms with van der Waals surface area (Å²) in [5.74, 6) is 0.367. The molecule has 3 rings (SSSR count). The van der Waals surface area contributed by atoms with E-state index in [2.05, 4.69) is 15.0 Å². The van der Waals surface area contributed by atoms with Crippen LogP contribution in [0, 0.1) is 12.8 Å². The Balaban J connectivity index is 1.64. The molecule has 0 radical (unpaired) electrons. The van der Waals surface area contributed by atoms with Crippen molar-refractivity contribution in [1.82, 2.24) is 19.5 Å². The molecule has 0 bridgehead atoms. The van der Waals surface area contributed by atoms with Crippen LogP contribution in [0.3, 0.4) is 0 Å². The molecule has 134 valence electrons. The van der Waals surface area contributed by atoms with E-state index in [0.29, 0.717) is 25.2 Å². The Bertz CT molecular complexity index is 797. The average molecular weight is 353 g/mol. The van der Waals surface area contributed by atoms with Crippen LogP contribution >= 0.6 is 0 Å². The second-order valence-corrected chi connectivity index (χ2v) is 6.20. The van der Waals surface area contributed by atoms with Crippen LogP contribution in [0.25, 0.3) is 0 Å². The molecule has 0 unspecified atom stereocenters. The van der Waals surface area contributed by atoms with Crippen molar-refractivity contribution >= 4 is 5.95 Å². The molecule has 0 aromatic carbocycles. The van der Waals surface area contributed by atoms with Crippen molar-refractivity contribution in [3.8, 4) is 0 Å². The number of hydrogen-bond acceptors (Lipinski definition) is 5. The number of alkyl halides is 3. The molecule has 0 aliphatic carbocycles. The predicted octanol–water partition coefficient (Wildman–Crippen LogP) is 2.28. The molecular formula is C16H18F3N5O. The zero-order chi connectivity index (χ0) is 18.0. The first-order valence-electron chi connectivity index (χ1n) is 8.01. The van der Waals surface area contributed by atoms with Crippen LogP contribution in [-0.4, -0.2) is 32.6 Å². The van der Waals surface area contributed by atoms with Crippen molar-refractivity contribution in [2.75, 3.05) is 18.0 Å². The Hall–Kier alpha value is -2.45. The van der Waals surface area contributed by atoms with E-state index in [4.69, 9.17) is 0 Å². The fraction of sp³-hybridized carbons (Fsp3) is 0.500. The van der Waals surface area contributed by atoms with Crippen LogP contribution in [0.5, 0.6) is 0 Å². The third-order valence-corrected chi connectivity index (χ3v) is 4.36. The van der Waals surface area contributed by atoms with Gasteiger partial charge in [-0.1, -0.05) is 0 Å². The van der Waals surface area contributed by atoms with E-state index in [9.17, 15) is 18.0 Å². The summed E-state index contributed by atoms with van der Waals surface area (Å²) in [6.45, 7) is 3.39. The summed E-state index contributed by atoms with van der Waals surface area (Å²) >= 11 is 0. The first-order valence-corrected chi connectivity index (χ1v) is 8.01. The minimum atomic E-state index is -4.48. The lowest BCUT2D eigenvalue weighted by atomic mass is 9.97. The number of nitrogens with zero attached hydrogens (tertiary/aromatic N) is 5. The molecule has 0 atom stereocenters. The Morgan fingerprint density at radius 2 is 2.00 bits per heavy atom. The van der Waals surface area contributed by atoms with Crippen molar-refractivity contribution in [2.24, 2.45) is 5.92 Å². The van der Waals surface area contributed by atoms with Gasteiger partial charge in [0.2, 0.25) is 5.95 Å². The van der Waals surface area contributed by atoms with Gasteiger partial charge in [0.05, 0.1) is 6.33 Å². The van der Waals surface area contributed by atoms with Gasteiger partial charge >= 0.3 is 6.18 Å². The summed E-state index contributed by atoms with van der Waals surface area (Å²) in [4.78, 5) is 25.4. The summed E-state index contributed by atoms with van der Waals surface area (Å²) in [6.07, 6.45) is 1.22. The first-order chi connectivity index (χ1) is 11.8. The van der Waals surface area contributed by atoms with Gasteiger partial charge in [-0.25, -0.2) is 15.0 Å². The molecular weight excluding hydrogens is 335 g/mol. The number of rotatable bonds is 3. The fourth-order valence-corrected chi connectivity index (χ4v) is 2.94. The Morgan fingerprint density at radius 1 is 1.28 bits per heavy atom. The second-order valence-electron chi connectivity index (χ2n) is 6.20. The minimum absolute atomic E-state index is 0.0568. The largest absolute Gasteiger partial charge is 0.433 e. The predicted molar refractivity (Wildman–Crippen MR) is 85.2 cm³/mol. The molecule has 2 aromatic heterocycles. The molecule has 9 heteroatoms. The van der Waals surface area contributed by atoms with E-state index in [1.165, 1.54) is 12.5 Å². The van der Waals surface area contributed by atoms with E-state index >= 15 is 0 Å². The lowest BCUT2D eigenvalue weighted by Gasteiger charge is -2.32. The lowest BCUT2D eigenvalue weighted by Crippen LogP contribution is -2.37. The number of piperidine rings is 1. The quantitative estimate of drug-likeness (QED) is 0.847. The molecule has 25 heavy (non-hydrogen) atoms. The van der Waals surface area contributed by atoms with Gasteiger partial charge in [0.1, 0.15) is 5.69 Å². The van der Waals surface area contributed by atoms with Crippen LogP contribution in [0.1, 0.15) is 24.1 Å². The van der Waals surface area contributed by atoms with Crippen LogP contribution < -0.4 is 10.5 Å². The maximum absolute atomic E-state index is 12.8. The maximum Gasteiger partial charge on any atom is 0.433 e. The highest BCUT2D eigenvalue weighted by Gasteiger charge is 2.33. The van der Waals surface area contributed by atoms with E-state index in [-0.39, 0.29) is 17.4 Å². The second kappa shape index (κ2) is 6.81. The third-order valence-electron chi connectivity index (χ3n) is 4.36. The lowest BCUT2D eigenvalue weighted by molar-refractivity contribution is -0.141. The molecule has 0 amide bonds. The zero-order valence-electron chi connectivity index (χ0n) is 13.7. The van der Waals surface area contributed by atoms with Crippen LogP contribution in [0.4, 0.5) is 19.1 Å².